The summed E-state index contributed by atoms with van der Waals surface area (Å²) in [7, 11) is 2.15. The van der Waals surface area contributed by atoms with Crippen molar-refractivity contribution in [1.29, 1.82) is 0 Å². The Kier molecular flexibility index (Phi) is 7.71. The molecule has 0 aliphatic heterocycles. The average molecular weight is 248 g/mol. The van der Waals surface area contributed by atoms with E-state index in [-0.39, 0.29) is 0 Å². The molecule has 0 unspecified atom stereocenters. The second-order valence-corrected chi connectivity index (χ2v) is 5.53. The highest BCUT2D eigenvalue weighted by Gasteiger charge is 2.05. The fourth-order valence-electron chi connectivity index (χ4n) is 2.43. The Balaban J connectivity index is 2.09. The van der Waals surface area contributed by atoms with Crippen LogP contribution in [0.2, 0.25) is 0 Å². The van der Waals surface area contributed by atoms with Gasteiger partial charge in [-0.2, -0.15) is 0 Å². The van der Waals surface area contributed by atoms with Crippen molar-refractivity contribution in [1.82, 2.24) is 0 Å². The Hall–Kier alpha value is -0.850. The summed E-state index contributed by atoms with van der Waals surface area (Å²) in [5, 5.41) is 0. The molecule has 1 nitrogen and oxygen atoms in total. The zero-order chi connectivity index (χ0) is 13.2. The first kappa shape index (κ1) is 15.2. The molecule has 0 radical (unpaired) electrons. The summed E-state index contributed by atoms with van der Waals surface area (Å²) in [6.07, 6.45) is 14.6. The highest BCUT2D eigenvalue weighted by atomic mass is 14.9. The zero-order valence-electron chi connectivity index (χ0n) is 12.5. The van der Waals surface area contributed by atoms with Crippen molar-refractivity contribution >= 4 is 0 Å². The molecule has 0 aliphatic rings. The van der Waals surface area contributed by atoms with Gasteiger partial charge in [-0.25, -0.2) is 4.57 Å². The normalized spacial score (nSPS) is 10.8. The van der Waals surface area contributed by atoms with Crippen molar-refractivity contribution in [3.05, 3.63) is 29.6 Å². The molecule has 1 heteroatoms. The lowest BCUT2D eigenvalue weighted by molar-refractivity contribution is -0.679. The number of rotatable bonds is 9. The molecule has 18 heavy (non-hydrogen) atoms. The van der Waals surface area contributed by atoms with Gasteiger partial charge in [-0.1, -0.05) is 51.9 Å². The van der Waals surface area contributed by atoms with E-state index in [0.29, 0.717) is 0 Å². The third kappa shape index (κ3) is 6.18. The van der Waals surface area contributed by atoms with Gasteiger partial charge in [0.2, 0.25) is 0 Å². The summed E-state index contributed by atoms with van der Waals surface area (Å²) in [4.78, 5) is 0. The van der Waals surface area contributed by atoms with Crippen LogP contribution in [0.4, 0.5) is 0 Å². The highest BCUT2D eigenvalue weighted by molar-refractivity contribution is 5.10. The molecule has 0 aromatic carbocycles. The number of aromatic nitrogens is 1. The first-order valence-electron chi connectivity index (χ1n) is 7.69. The van der Waals surface area contributed by atoms with Crippen molar-refractivity contribution in [2.75, 3.05) is 0 Å². The molecule has 0 aliphatic carbocycles. The lowest BCUT2D eigenvalue weighted by Crippen LogP contribution is -2.33. The summed E-state index contributed by atoms with van der Waals surface area (Å²) in [5.41, 5.74) is 2.85. The van der Waals surface area contributed by atoms with Gasteiger partial charge in [0.05, 0.1) is 0 Å². The minimum Gasteiger partial charge on any atom is -0.205 e. The molecular formula is C17H30N+. The summed E-state index contributed by atoms with van der Waals surface area (Å²) >= 11 is 0. The monoisotopic (exact) mass is 248 g/mol. The zero-order valence-corrected chi connectivity index (χ0v) is 12.5. The Bertz CT molecular complexity index is 330. The number of nitrogens with zero attached hydrogens (tertiary/aromatic N) is 1. The lowest BCUT2D eigenvalue weighted by atomic mass is 10.1. The Morgan fingerprint density at radius 2 is 1.56 bits per heavy atom. The van der Waals surface area contributed by atoms with Gasteiger partial charge in [0.1, 0.15) is 7.05 Å². The van der Waals surface area contributed by atoms with Crippen molar-refractivity contribution < 1.29 is 4.57 Å². The SMILES string of the molecule is CCCCCCCCCCc1cc(C)cc[n+]1C. The van der Waals surface area contributed by atoms with Crippen LogP contribution in [0, 0.1) is 6.92 Å². The molecule has 0 bridgehead atoms. The molecule has 102 valence electrons. The molecule has 0 saturated heterocycles. The van der Waals surface area contributed by atoms with Crippen LogP contribution in [0.5, 0.6) is 0 Å². The molecule has 0 atom stereocenters. The number of pyridine rings is 1. The van der Waals surface area contributed by atoms with Crippen LogP contribution >= 0.6 is 0 Å². The number of hydrogen-bond donors (Lipinski definition) is 0. The Morgan fingerprint density at radius 1 is 0.944 bits per heavy atom. The van der Waals surface area contributed by atoms with E-state index in [9.17, 15) is 0 Å². The molecule has 1 aromatic rings. The third-order valence-electron chi connectivity index (χ3n) is 3.69. The van der Waals surface area contributed by atoms with E-state index in [1.807, 2.05) is 0 Å². The fourth-order valence-corrected chi connectivity index (χ4v) is 2.43. The molecule has 1 heterocycles. The van der Waals surface area contributed by atoms with E-state index in [2.05, 4.69) is 43.8 Å². The summed E-state index contributed by atoms with van der Waals surface area (Å²) in [6.45, 7) is 4.46. The van der Waals surface area contributed by atoms with Gasteiger partial charge in [-0.15, -0.1) is 0 Å². The quantitative estimate of drug-likeness (QED) is 0.447. The van der Waals surface area contributed by atoms with Crippen molar-refractivity contribution in [3.8, 4) is 0 Å². The summed E-state index contributed by atoms with van der Waals surface area (Å²) in [6, 6.07) is 4.50. The summed E-state index contributed by atoms with van der Waals surface area (Å²) < 4.78 is 2.26. The summed E-state index contributed by atoms with van der Waals surface area (Å²) in [5.74, 6) is 0. The van der Waals surface area contributed by atoms with Gasteiger partial charge >= 0.3 is 0 Å². The molecular weight excluding hydrogens is 218 g/mol. The van der Waals surface area contributed by atoms with Crippen LogP contribution in [0.15, 0.2) is 18.3 Å². The van der Waals surface area contributed by atoms with E-state index in [1.54, 1.807) is 0 Å². The minimum atomic E-state index is 1.23. The van der Waals surface area contributed by atoms with Crippen molar-refractivity contribution in [2.45, 2.75) is 71.6 Å². The fraction of sp³-hybridized carbons (Fsp3) is 0.706. The molecule has 0 fully saturated rings. The highest BCUT2D eigenvalue weighted by Crippen LogP contribution is 2.10. The first-order chi connectivity index (χ1) is 8.74. The molecule has 0 N–H and O–H groups in total. The molecule has 0 amide bonds. The van der Waals surface area contributed by atoms with Crippen molar-refractivity contribution in [3.63, 3.8) is 0 Å². The minimum absolute atomic E-state index is 1.23. The molecule has 0 saturated carbocycles. The third-order valence-corrected chi connectivity index (χ3v) is 3.69. The van der Waals surface area contributed by atoms with E-state index in [1.165, 1.54) is 69.0 Å². The van der Waals surface area contributed by atoms with Crippen LogP contribution in [0.3, 0.4) is 0 Å². The maximum atomic E-state index is 2.32. The van der Waals surface area contributed by atoms with E-state index < -0.39 is 0 Å². The topological polar surface area (TPSA) is 3.88 Å². The second kappa shape index (κ2) is 9.13. The lowest BCUT2D eigenvalue weighted by Gasteiger charge is -2.02. The van der Waals surface area contributed by atoms with Gasteiger partial charge in [-0.3, -0.25) is 0 Å². The van der Waals surface area contributed by atoms with E-state index in [4.69, 9.17) is 0 Å². The van der Waals surface area contributed by atoms with Crippen LogP contribution in [0.25, 0.3) is 0 Å². The molecule has 1 aromatic heterocycles. The van der Waals surface area contributed by atoms with Gasteiger partial charge in [0.25, 0.3) is 0 Å². The second-order valence-electron chi connectivity index (χ2n) is 5.53. The number of hydrogen-bond acceptors (Lipinski definition) is 0. The Morgan fingerprint density at radius 3 is 2.22 bits per heavy atom. The maximum Gasteiger partial charge on any atom is 0.181 e. The van der Waals surface area contributed by atoms with Gasteiger partial charge in [-0.05, 0) is 18.9 Å². The van der Waals surface area contributed by atoms with Crippen molar-refractivity contribution in [2.24, 2.45) is 7.05 Å². The van der Waals surface area contributed by atoms with Gasteiger partial charge < -0.3 is 0 Å². The predicted octanol–water partition coefficient (Wildman–Crippen LogP) is 4.50. The van der Waals surface area contributed by atoms with E-state index >= 15 is 0 Å². The number of aryl methyl sites for hydroxylation is 3. The average Bonchev–Trinajstić information content (AvgIpc) is 2.36. The first-order valence-corrected chi connectivity index (χ1v) is 7.69. The smallest absolute Gasteiger partial charge is 0.181 e. The molecule has 0 spiro atoms. The van der Waals surface area contributed by atoms with Gasteiger partial charge in [0, 0.05) is 18.6 Å². The van der Waals surface area contributed by atoms with Crippen LogP contribution < -0.4 is 4.57 Å². The van der Waals surface area contributed by atoms with Crippen LogP contribution in [-0.2, 0) is 13.5 Å². The van der Waals surface area contributed by atoms with Crippen LogP contribution in [0.1, 0.15) is 69.5 Å². The van der Waals surface area contributed by atoms with Crippen LogP contribution in [-0.4, -0.2) is 0 Å². The van der Waals surface area contributed by atoms with Gasteiger partial charge in [0.15, 0.2) is 11.9 Å². The maximum absolute atomic E-state index is 2.32. The Labute approximate surface area is 113 Å². The number of unbranched alkanes of at least 4 members (excludes halogenated alkanes) is 7. The predicted molar refractivity (Wildman–Crippen MR) is 78.7 cm³/mol. The largest absolute Gasteiger partial charge is 0.205 e. The standard InChI is InChI=1S/C17H30N/c1-4-5-6-7-8-9-10-11-12-17-15-16(2)13-14-18(17)3/h13-15H,4-12H2,1-3H3/q+1. The van der Waals surface area contributed by atoms with E-state index in [0.717, 1.165) is 0 Å². The molecule has 1 rings (SSSR count).